The van der Waals surface area contributed by atoms with Crippen LogP contribution in [0.3, 0.4) is 0 Å². The van der Waals surface area contributed by atoms with E-state index >= 15 is 0 Å². The van der Waals surface area contributed by atoms with Crippen LogP contribution >= 0.6 is 38.6 Å². The number of nitro groups is 1. The Bertz CT molecular complexity index is 1350. The quantitative estimate of drug-likeness (QED) is 0.177. The monoisotopic (exact) mass is 514 g/mol. The molecule has 2 aromatic heterocycles. The van der Waals surface area contributed by atoms with Crippen LogP contribution in [-0.2, 0) is 0 Å². The van der Waals surface area contributed by atoms with E-state index in [2.05, 4.69) is 26.0 Å². The van der Waals surface area contributed by atoms with Gasteiger partial charge in [-0.25, -0.2) is 4.98 Å². The fourth-order valence-corrected chi connectivity index (χ4v) is 4.95. The molecule has 0 bridgehead atoms. The smallest absolute Gasteiger partial charge is 0.267 e. The first-order valence-electron chi connectivity index (χ1n) is 9.08. The van der Waals surface area contributed by atoms with E-state index in [1.165, 1.54) is 28.6 Å². The zero-order chi connectivity index (χ0) is 22.1. The maximum absolute atomic E-state index is 13.4. The second kappa shape index (κ2) is 8.66. The normalized spacial score (nSPS) is 11.3. The lowest BCUT2D eigenvalue weighted by Crippen LogP contribution is -2.25. The van der Waals surface area contributed by atoms with Gasteiger partial charge in [0.2, 0.25) is 5.13 Å². The number of thiophene rings is 1. The summed E-state index contributed by atoms with van der Waals surface area (Å²) in [4.78, 5) is 29.0. The van der Waals surface area contributed by atoms with E-state index in [0.717, 1.165) is 37.2 Å². The molecule has 156 valence electrons. The largest absolute Gasteiger partial charge is 0.324 e. The molecule has 4 rings (SSSR count). The van der Waals surface area contributed by atoms with Gasteiger partial charge in [-0.15, -0.1) is 0 Å². The molecule has 1 amide bonds. The number of carbonyl (C=O) groups excluding carboxylic acids is 1. The molecule has 0 aliphatic carbocycles. The first kappa shape index (κ1) is 21.3. The number of thiazole rings is 1. The van der Waals surface area contributed by atoms with E-state index < -0.39 is 4.92 Å². The number of hydrogen-bond acceptors (Lipinski definition) is 7. The first-order chi connectivity index (χ1) is 14.8. The van der Waals surface area contributed by atoms with Gasteiger partial charge in [0.1, 0.15) is 0 Å². The number of amides is 1. The van der Waals surface area contributed by atoms with Gasteiger partial charge >= 0.3 is 5.00 Å². The molecule has 0 aliphatic rings. The Morgan fingerprint density at radius 3 is 2.65 bits per heavy atom. The van der Waals surface area contributed by atoms with E-state index in [9.17, 15) is 14.9 Å². The van der Waals surface area contributed by atoms with Crippen LogP contribution in [-0.4, -0.2) is 22.0 Å². The molecule has 0 saturated carbocycles. The molecule has 7 nitrogen and oxygen atoms in total. The van der Waals surface area contributed by atoms with Crippen LogP contribution in [0, 0.1) is 24.0 Å². The highest BCUT2D eigenvalue weighted by Crippen LogP contribution is 2.32. The van der Waals surface area contributed by atoms with Crippen LogP contribution in [0.1, 0.15) is 26.4 Å². The van der Waals surface area contributed by atoms with Crippen molar-refractivity contribution in [3.63, 3.8) is 0 Å². The molecule has 2 heterocycles. The maximum atomic E-state index is 13.4. The molecule has 0 N–H and O–H groups in total. The van der Waals surface area contributed by atoms with E-state index in [4.69, 9.17) is 0 Å². The van der Waals surface area contributed by atoms with Gasteiger partial charge in [-0.3, -0.25) is 14.9 Å². The summed E-state index contributed by atoms with van der Waals surface area (Å²) in [6, 6.07) is 14.2. The number of benzene rings is 2. The van der Waals surface area contributed by atoms with Crippen LogP contribution in [0.5, 0.6) is 0 Å². The average molecular weight is 515 g/mol. The lowest BCUT2D eigenvalue weighted by Gasteiger charge is -2.14. The molecule has 0 atom stereocenters. The van der Waals surface area contributed by atoms with Gasteiger partial charge in [-0.2, -0.15) is 10.1 Å². The van der Waals surface area contributed by atoms with Crippen LogP contribution in [0.15, 0.2) is 58.1 Å². The number of aryl methyl sites for hydroxylation is 2. The van der Waals surface area contributed by atoms with Crippen LogP contribution in [0.25, 0.3) is 10.2 Å². The second-order valence-corrected chi connectivity index (χ2v) is 9.72. The maximum Gasteiger partial charge on any atom is 0.324 e. The summed E-state index contributed by atoms with van der Waals surface area (Å²) in [6.07, 6.45) is 1.44. The van der Waals surface area contributed by atoms with E-state index in [1.54, 1.807) is 12.1 Å². The lowest BCUT2D eigenvalue weighted by atomic mass is 10.1. The number of nitrogens with zero attached hydrogens (tertiary/aromatic N) is 4. The number of rotatable bonds is 5. The minimum atomic E-state index is -0.453. The van der Waals surface area contributed by atoms with Crippen LogP contribution < -0.4 is 5.01 Å². The van der Waals surface area contributed by atoms with Crippen LogP contribution in [0.4, 0.5) is 10.1 Å². The lowest BCUT2D eigenvalue weighted by molar-refractivity contribution is -0.380. The SMILES string of the molecule is Cc1ccc(C(=O)N(/N=C/c2ccc([N+](=O)[O-])s2)c2nc3ccc(Br)cc3s2)cc1C. The summed E-state index contributed by atoms with van der Waals surface area (Å²) in [5.74, 6) is -0.330. The predicted molar refractivity (Wildman–Crippen MR) is 129 cm³/mol. The Balaban J connectivity index is 1.76. The molecule has 0 unspecified atom stereocenters. The Labute approximate surface area is 193 Å². The molecular formula is C21H15BrN4O3S2. The molecule has 4 aromatic rings. The molecule has 31 heavy (non-hydrogen) atoms. The Kier molecular flexibility index (Phi) is 5.94. The summed E-state index contributed by atoms with van der Waals surface area (Å²) < 4.78 is 1.82. The molecule has 0 saturated heterocycles. The molecular weight excluding hydrogens is 500 g/mol. The van der Waals surface area contributed by atoms with Crippen molar-refractivity contribution in [1.82, 2.24) is 4.98 Å². The molecule has 10 heteroatoms. The Morgan fingerprint density at radius 2 is 1.94 bits per heavy atom. The average Bonchev–Trinajstić information content (AvgIpc) is 3.37. The van der Waals surface area contributed by atoms with Gasteiger partial charge in [-0.05, 0) is 61.4 Å². The molecule has 0 aliphatic heterocycles. The van der Waals surface area contributed by atoms with Crippen LogP contribution in [0.2, 0.25) is 0 Å². The van der Waals surface area contributed by atoms with Gasteiger partial charge in [0.15, 0.2) is 0 Å². The zero-order valence-electron chi connectivity index (χ0n) is 16.4. The highest BCUT2D eigenvalue weighted by Gasteiger charge is 2.22. The zero-order valence-corrected chi connectivity index (χ0v) is 19.6. The summed E-state index contributed by atoms with van der Waals surface area (Å²) in [5.41, 5.74) is 3.32. The molecule has 2 aromatic carbocycles. The van der Waals surface area contributed by atoms with Crippen molar-refractivity contribution >= 4 is 71.1 Å². The molecule has 0 radical (unpaired) electrons. The fourth-order valence-electron chi connectivity index (χ4n) is 2.79. The van der Waals surface area contributed by atoms with Gasteiger partial charge in [0.05, 0.1) is 26.2 Å². The number of hydrogen-bond donors (Lipinski definition) is 0. The minimum absolute atomic E-state index is 0.0123. The van der Waals surface area contributed by atoms with Gasteiger partial charge in [0.25, 0.3) is 5.91 Å². The fraction of sp³-hybridized carbons (Fsp3) is 0.0952. The second-order valence-electron chi connectivity index (χ2n) is 6.70. The highest BCUT2D eigenvalue weighted by atomic mass is 79.9. The number of aromatic nitrogens is 1. The number of hydrazone groups is 1. The first-order valence-corrected chi connectivity index (χ1v) is 11.5. The molecule has 0 spiro atoms. The number of fused-ring (bicyclic) bond motifs is 1. The van der Waals surface area contributed by atoms with Gasteiger partial charge in [0, 0.05) is 16.1 Å². The topological polar surface area (TPSA) is 88.7 Å². The van der Waals surface area contributed by atoms with Crippen molar-refractivity contribution in [2.75, 3.05) is 5.01 Å². The van der Waals surface area contributed by atoms with Gasteiger partial charge < -0.3 is 0 Å². The van der Waals surface area contributed by atoms with Crippen molar-refractivity contribution in [3.05, 3.63) is 84.7 Å². The summed E-state index contributed by atoms with van der Waals surface area (Å²) >= 11 is 5.78. The highest BCUT2D eigenvalue weighted by molar-refractivity contribution is 9.10. The third-order valence-electron chi connectivity index (χ3n) is 4.56. The van der Waals surface area contributed by atoms with E-state index in [0.29, 0.717) is 15.6 Å². The minimum Gasteiger partial charge on any atom is -0.267 e. The Morgan fingerprint density at radius 1 is 1.13 bits per heavy atom. The predicted octanol–water partition coefficient (Wildman–Crippen LogP) is 6.33. The third kappa shape index (κ3) is 4.55. The van der Waals surface area contributed by atoms with Gasteiger partial charge in [-0.1, -0.05) is 44.7 Å². The van der Waals surface area contributed by atoms with Crippen molar-refractivity contribution in [1.29, 1.82) is 0 Å². The standard InChI is InChI=1S/C21H15BrN4O3S2/c1-12-3-4-14(9-13(12)2)20(27)25(23-11-16-6-8-19(30-16)26(28)29)21-24-17-7-5-15(22)10-18(17)31-21/h3-11H,1-2H3/b23-11+. The van der Waals surface area contributed by atoms with Crippen molar-refractivity contribution in [2.45, 2.75) is 13.8 Å². The molecule has 0 fully saturated rings. The Hall–Kier alpha value is -2.95. The van der Waals surface area contributed by atoms with Crippen molar-refractivity contribution < 1.29 is 9.72 Å². The van der Waals surface area contributed by atoms with E-state index in [1.807, 2.05) is 44.2 Å². The number of anilines is 1. The third-order valence-corrected chi connectivity index (χ3v) is 7.02. The van der Waals surface area contributed by atoms with E-state index in [-0.39, 0.29) is 10.9 Å². The van der Waals surface area contributed by atoms with Crippen molar-refractivity contribution in [3.8, 4) is 0 Å². The number of halogens is 1. The van der Waals surface area contributed by atoms with Crippen molar-refractivity contribution in [2.24, 2.45) is 5.10 Å². The summed E-state index contributed by atoms with van der Waals surface area (Å²) in [7, 11) is 0. The summed E-state index contributed by atoms with van der Waals surface area (Å²) in [5, 5.41) is 17.0. The summed E-state index contributed by atoms with van der Waals surface area (Å²) in [6.45, 7) is 3.92. The number of carbonyl (C=O) groups is 1.